The van der Waals surface area contributed by atoms with Crippen molar-refractivity contribution in [3.05, 3.63) is 16.3 Å². The highest BCUT2D eigenvalue weighted by Crippen LogP contribution is 2.31. The van der Waals surface area contributed by atoms with Crippen LogP contribution in [0.3, 0.4) is 0 Å². The molecule has 0 spiro atoms. The molecule has 2 rings (SSSR count). The topological polar surface area (TPSA) is 71.3 Å². The molecule has 1 aliphatic rings. The van der Waals surface area contributed by atoms with E-state index in [1.54, 1.807) is 0 Å². The van der Waals surface area contributed by atoms with Crippen LogP contribution in [-0.4, -0.2) is 35.1 Å². The summed E-state index contributed by atoms with van der Waals surface area (Å²) < 4.78 is 0. The number of piperazine rings is 1. The van der Waals surface area contributed by atoms with Gasteiger partial charge in [0, 0.05) is 25.2 Å². The Labute approximate surface area is 110 Å². The van der Waals surface area contributed by atoms with Gasteiger partial charge in [0.15, 0.2) is 5.13 Å². The van der Waals surface area contributed by atoms with Crippen LogP contribution in [0.4, 0.5) is 10.1 Å². The maximum absolute atomic E-state index is 10.7. The van der Waals surface area contributed by atoms with Gasteiger partial charge in [0.2, 0.25) is 0 Å². The number of hydrogen-bond donors (Lipinski definition) is 1. The van der Waals surface area contributed by atoms with E-state index < -0.39 is 0 Å². The molecular formula is C11H18N4O2S. The van der Waals surface area contributed by atoms with Crippen LogP contribution in [0.2, 0.25) is 0 Å². The third-order valence-corrected chi connectivity index (χ3v) is 4.36. The monoisotopic (exact) mass is 270 g/mol. The van der Waals surface area contributed by atoms with E-state index in [4.69, 9.17) is 0 Å². The van der Waals surface area contributed by atoms with Crippen molar-refractivity contribution in [2.75, 3.05) is 18.0 Å². The molecule has 1 fully saturated rings. The summed E-state index contributed by atoms with van der Waals surface area (Å²) in [4.78, 5) is 16.8. The van der Waals surface area contributed by atoms with E-state index in [1.165, 1.54) is 17.5 Å². The Morgan fingerprint density at radius 1 is 1.61 bits per heavy atom. The minimum Gasteiger partial charge on any atom is -0.342 e. The Morgan fingerprint density at radius 2 is 2.39 bits per heavy atom. The number of aromatic nitrogens is 1. The first-order valence-electron chi connectivity index (χ1n) is 6.25. The van der Waals surface area contributed by atoms with Gasteiger partial charge in [-0.3, -0.25) is 10.1 Å². The van der Waals surface area contributed by atoms with Crippen LogP contribution < -0.4 is 10.2 Å². The van der Waals surface area contributed by atoms with Gasteiger partial charge < -0.3 is 10.2 Å². The molecule has 1 aliphatic heterocycles. The number of anilines is 1. The lowest BCUT2D eigenvalue weighted by Gasteiger charge is -2.39. The Bertz CT molecular complexity index is 423. The highest BCUT2D eigenvalue weighted by atomic mass is 32.1. The van der Waals surface area contributed by atoms with Gasteiger partial charge in [-0.25, -0.2) is 4.98 Å². The molecule has 1 aromatic heterocycles. The van der Waals surface area contributed by atoms with Gasteiger partial charge in [-0.2, -0.15) is 0 Å². The van der Waals surface area contributed by atoms with Crippen LogP contribution in [0.5, 0.6) is 0 Å². The molecule has 0 aromatic carbocycles. The van der Waals surface area contributed by atoms with E-state index in [0.29, 0.717) is 12.1 Å². The average molecular weight is 270 g/mol. The second-order valence-corrected chi connectivity index (χ2v) is 5.45. The molecule has 6 nitrogen and oxygen atoms in total. The minimum absolute atomic E-state index is 0.117. The number of nitrogens with zero attached hydrogens (tertiary/aromatic N) is 3. The molecule has 2 unspecified atom stereocenters. The van der Waals surface area contributed by atoms with Crippen molar-refractivity contribution in [2.45, 2.75) is 38.8 Å². The zero-order chi connectivity index (χ0) is 13.1. The number of thiazole rings is 1. The van der Waals surface area contributed by atoms with Crippen LogP contribution in [0.1, 0.15) is 26.7 Å². The summed E-state index contributed by atoms with van der Waals surface area (Å²) in [6.45, 7) is 6.07. The Balaban J connectivity index is 2.18. The summed E-state index contributed by atoms with van der Waals surface area (Å²) in [6, 6.07) is 0.814. The summed E-state index contributed by atoms with van der Waals surface area (Å²) in [5.41, 5.74) is 0. The summed E-state index contributed by atoms with van der Waals surface area (Å²) in [7, 11) is 0. The fourth-order valence-electron chi connectivity index (χ4n) is 2.21. The molecule has 0 radical (unpaired) electrons. The number of rotatable bonds is 4. The highest BCUT2D eigenvalue weighted by molar-refractivity contribution is 7.18. The van der Waals surface area contributed by atoms with Gasteiger partial charge in [-0.05, 0) is 24.2 Å². The quantitative estimate of drug-likeness (QED) is 0.669. The van der Waals surface area contributed by atoms with Crippen molar-refractivity contribution in [3.8, 4) is 0 Å². The number of hydrogen-bond acceptors (Lipinski definition) is 6. The zero-order valence-electron chi connectivity index (χ0n) is 10.6. The van der Waals surface area contributed by atoms with Crippen LogP contribution in [0, 0.1) is 10.1 Å². The van der Waals surface area contributed by atoms with E-state index in [2.05, 4.69) is 29.0 Å². The molecule has 0 saturated carbocycles. The lowest BCUT2D eigenvalue weighted by Crippen LogP contribution is -2.56. The van der Waals surface area contributed by atoms with E-state index in [1.807, 2.05) is 0 Å². The maximum Gasteiger partial charge on any atom is 0.345 e. The zero-order valence-corrected chi connectivity index (χ0v) is 11.4. The second-order valence-electron chi connectivity index (χ2n) is 4.47. The maximum atomic E-state index is 10.7. The predicted molar refractivity (Wildman–Crippen MR) is 72.3 cm³/mol. The first-order valence-corrected chi connectivity index (χ1v) is 7.07. The van der Waals surface area contributed by atoms with Crippen LogP contribution in [0.25, 0.3) is 0 Å². The SMILES string of the molecule is CCC1CN(c2ncc([N+](=O)[O-])s2)C(CC)CN1. The molecule has 2 heterocycles. The third kappa shape index (κ3) is 2.62. The van der Waals surface area contributed by atoms with E-state index in [-0.39, 0.29) is 9.92 Å². The predicted octanol–water partition coefficient (Wildman–Crippen LogP) is 2.02. The first-order chi connectivity index (χ1) is 8.65. The van der Waals surface area contributed by atoms with Gasteiger partial charge in [-0.15, -0.1) is 0 Å². The third-order valence-electron chi connectivity index (χ3n) is 3.37. The Morgan fingerprint density at radius 3 is 2.94 bits per heavy atom. The van der Waals surface area contributed by atoms with Crippen molar-refractivity contribution in [3.63, 3.8) is 0 Å². The molecule has 18 heavy (non-hydrogen) atoms. The molecule has 0 bridgehead atoms. The fraction of sp³-hybridized carbons (Fsp3) is 0.727. The molecule has 2 atom stereocenters. The molecule has 1 saturated heterocycles. The molecule has 0 amide bonds. The van der Waals surface area contributed by atoms with Gasteiger partial charge >= 0.3 is 5.00 Å². The van der Waals surface area contributed by atoms with Crippen molar-refractivity contribution in [1.82, 2.24) is 10.3 Å². The van der Waals surface area contributed by atoms with Crippen LogP contribution in [-0.2, 0) is 0 Å². The number of nitrogens with one attached hydrogen (secondary N) is 1. The fourth-order valence-corrected chi connectivity index (χ4v) is 3.02. The summed E-state index contributed by atoms with van der Waals surface area (Å²) in [5, 5.41) is 15.1. The van der Waals surface area contributed by atoms with Gasteiger partial charge in [-0.1, -0.05) is 13.8 Å². The molecular weight excluding hydrogens is 252 g/mol. The highest BCUT2D eigenvalue weighted by Gasteiger charge is 2.29. The van der Waals surface area contributed by atoms with E-state index in [0.717, 1.165) is 31.1 Å². The Hall–Kier alpha value is -1.21. The van der Waals surface area contributed by atoms with Gasteiger partial charge in [0.05, 0.1) is 4.92 Å². The lowest BCUT2D eigenvalue weighted by atomic mass is 10.1. The van der Waals surface area contributed by atoms with Crippen molar-refractivity contribution < 1.29 is 4.92 Å². The molecule has 7 heteroatoms. The minimum atomic E-state index is -0.373. The van der Waals surface area contributed by atoms with Crippen molar-refractivity contribution in [2.24, 2.45) is 0 Å². The summed E-state index contributed by atoms with van der Waals surface area (Å²) in [5.74, 6) is 0. The van der Waals surface area contributed by atoms with Crippen LogP contribution in [0.15, 0.2) is 6.20 Å². The van der Waals surface area contributed by atoms with E-state index in [9.17, 15) is 10.1 Å². The van der Waals surface area contributed by atoms with Crippen molar-refractivity contribution >= 4 is 21.5 Å². The first kappa shape index (κ1) is 13.2. The standard InChI is InChI=1S/C11H18N4O2S/c1-3-8-7-14(9(4-2)5-12-8)11-13-6-10(18-11)15(16)17/h6,8-9,12H,3-5,7H2,1-2H3. The molecule has 0 aliphatic carbocycles. The largest absolute Gasteiger partial charge is 0.345 e. The van der Waals surface area contributed by atoms with Crippen LogP contribution >= 0.6 is 11.3 Å². The Kier molecular flexibility index (Phi) is 4.13. The van der Waals surface area contributed by atoms with Gasteiger partial charge in [0.25, 0.3) is 0 Å². The summed E-state index contributed by atoms with van der Waals surface area (Å²) >= 11 is 1.17. The molecule has 1 aromatic rings. The lowest BCUT2D eigenvalue weighted by molar-refractivity contribution is -0.380. The summed E-state index contributed by atoms with van der Waals surface area (Å²) in [6.07, 6.45) is 3.42. The second kappa shape index (κ2) is 5.62. The smallest absolute Gasteiger partial charge is 0.342 e. The molecule has 1 N–H and O–H groups in total. The average Bonchev–Trinajstić information content (AvgIpc) is 2.87. The molecule has 100 valence electrons. The normalized spacial score (nSPS) is 24.2. The van der Waals surface area contributed by atoms with Crippen molar-refractivity contribution in [1.29, 1.82) is 0 Å². The van der Waals surface area contributed by atoms with Gasteiger partial charge in [0.1, 0.15) is 6.20 Å². The van der Waals surface area contributed by atoms with E-state index >= 15 is 0 Å². The number of nitro groups is 1.